The molecule has 0 radical (unpaired) electrons. The molecule has 0 spiro atoms. The van der Waals surface area contributed by atoms with E-state index < -0.39 is 10.0 Å². The predicted molar refractivity (Wildman–Crippen MR) is 144 cm³/mol. The number of carbonyl (C=O) groups is 1. The van der Waals surface area contributed by atoms with Gasteiger partial charge in [-0.25, -0.2) is 17.8 Å². The van der Waals surface area contributed by atoms with Crippen molar-refractivity contribution in [3.05, 3.63) is 59.7 Å². The van der Waals surface area contributed by atoms with Crippen LogP contribution in [-0.2, 0) is 27.8 Å². The number of unbranched alkanes of at least 4 members (excludes halogenated alkanes) is 2. The Bertz CT molecular complexity index is 1300. The number of H-pyrrole nitrogens is 1. The summed E-state index contributed by atoms with van der Waals surface area (Å²) in [5.41, 5.74) is 8.06. The van der Waals surface area contributed by atoms with Crippen molar-refractivity contribution in [3.8, 4) is 0 Å². The van der Waals surface area contributed by atoms with Crippen molar-refractivity contribution in [3.63, 3.8) is 0 Å². The lowest BCUT2D eigenvalue weighted by Gasteiger charge is -2.27. The lowest BCUT2D eigenvalue weighted by atomic mass is 9.80. The summed E-state index contributed by atoms with van der Waals surface area (Å²) >= 11 is 0. The maximum absolute atomic E-state index is 13.8. The number of halogens is 1. The van der Waals surface area contributed by atoms with Gasteiger partial charge in [0.1, 0.15) is 11.6 Å². The van der Waals surface area contributed by atoms with E-state index in [1.54, 1.807) is 30.3 Å². The molecule has 2 aromatic carbocycles. The Morgan fingerprint density at radius 2 is 1.86 bits per heavy atom. The van der Waals surface area contributed by atoms with Gasteiger partial charge in [0.25, 0.3) is 0 Å². The van der Waals surface area contributed by atoms with E-state index in [4.69, 9.17) is 5.73 Å². The highest BCUT2D eigenvalue weighted by atomic mass is 32.2. The Kier molecular flexibility index (Phi) is 9.15. The van der Waals surface area contributed by atoms with Crippen LogP contribution in [0.25, 0.3) is 11.0 Å². The second kappa shape index (κ2) is 12.5. The first kappa shape index (κ1) is 27.1. The van der Waals surface area contributed by atoms with Crippen molar-refractivity contribution >= 4 is 32.7 Å². The van der Waals surface area contributed by atoms with Gasteiger partial charge in [0, 0.05) is 24.4 Å². The lowest BCUT2D eigenvalue weighted by molar-refractivity contribution is -0.126. The van der Waals surface area contributed by atoms with Gasteiger partial charge in [-0.1, -0.05) is 24.6 Å². The molecular formula is C27H36FN5O3S. The van der Waals surface area contributed by atoms with Gasteiger partial charge in [-0.2, -0.15) is 0 Å². The minimum atomic E-state index is -3.41. The van der Waals surface area contributed by atoms with Gasteiger partial charge in [-0.3, -0.25) is 9.52 Å². The van der Waals surface area contributed by atoms with E-state index in [1.807, 2.05) is 6.07 Å². The molecule has 0 saturated heterocycles. The average molecular weight is 530 g/mol. The van der Waals surface area contributed by atoms with Gasteiger partial charge in [-0.15, -0.1) is 0 Å². The Morgan fingerprint density at radius 3 is 2.62 bits per heavy atom. The molecule has 1 fully saturated rings. The number of amides is 1. The molecule has 1 aliphatic rings. The van der Waals surface area contributed by atoms with Gasteiger partial charge < -0.3 is 16.0 Å². The molecule has 37 heavy (non-hydrogen) atoms. The van der Waals surface area contributed by atoms with Crippen molar-refractivity contribution in [2.24, 2.45) is 17.6 Å². The summed E-state index contributed by atoms with van der Waals surface area (Å²) in [6.07, 6.45) is 6.41. The van der Waals surface area contributed by atoms with Gasteiger partial charge >= 0.3 is 0 Å². The third-order valence-electron chi connectivity index (χ3n) is 7.03. The minimum absolute atomic E-state index is 0.0141. The van der Waals surface area contributed by atoms with Crippen LogP contribution in [-0.4, -0.2) is 36.6 Å². The molecule has 0 aliphatic heterocycles. The topological polar surface area (TPSA) is 130 Å². The number of aromatic nitrogens is 2. The zero-order chi connectivity index (χ0) is 26.3. The molecule has 0 unspecified atom stereocenters. The van der Waals surface area contributed by atoms with Crippen molar-refractivity contribution < 1.29 is 17.6 Å². The maximum atomic E-state index is 13.8. The molecule has 1 aromatic heterocycles. The minimum Gasteiger partial charge on any atom is -0.352 e. The number of nitrogens with one attached hydrogen (secondary N) is 3. The highest BCUT2D eigenvalue weighted by molar-refractivity contribution is 7.92. The average Bonchev–Trinajstić information content (AvgIpc) is 3.27. The standard InChI is InChI=1S/C27H36FN5O3S/c28-23-7-3-2-6-21(23)18-30-27(34)20-10-8-19(9-11-20)16-26-31-24-13-12-22(17-25(24)32-26)33-37(35,36)15-5-1-4-14-29/h2-3,6-7,12-13,17,19-20,33H,1,4-5,8-11,14-16,18,29H2,(H,30,34)(H,31,32). The molecule has 3 aromatic rings. The third-order valence-corrected chi connectivity index (χ3v) is 8.40. The number of rotatable bonds is 12. The molecular weight excluding hydrogens is 493 g/mol. The molecule has 5 N–H and O–H groups in total. The van der Waals surface area contributed by atoms with E-state index >= 15 is 0 Å². The second-order valence-electron chi connectivity index (χ2n) is 9.92. The number of sulfonamides is 1. The number of anilines is 1. The number of aromatic amines is 1. The van der Waals surface area contributed by atoms with Crippen LogP contribution in [0.1, 0.15) is 56.3 Å². The van der Waals surface area contributed by atoms with Crippen molar-refractivity contribution in [1.82, 2.24) is 15.3 Å². The third kappa shape index (κ3) is 7.75. The molecule has 0 atom stereocenters. The summed E-state index contributed by atoms with van der Waals surface area (Å²) < 4.78 is 41.2. The number of nitrogens with two attached hydrogens (primary N) is 1. The van der Waals surface area contributed by atoms with Crippen LogP contribution >= 0.6 is 0 Å². The monoisotopic (exact) mass is 529 g/mol. The Morgan fingerprint density at radius 1 is 1.08 bits per heavy atom. The van der Waals surface area contributed by atoms with E-state index in [9.17, 15) is 17.6 Å². The number of nitrogens with zero attached hydrogens (tertiary/aromatic N) is 1. The summed E-state index contributed by atoms with van der Waals surface area (Å²) in [7, 11) is -3.41. The van der Waals surface area contributed by atoms with Crippen LogP contribution in [0.5, 0.6) is 0 Å². The van der Waals surface area contributed by atoms with E-state index in [0.29, 0.717) is 30.1 Å². The molecule has 8 nitrogen and oxygen atoms in total. The maximum Gasteiger partial charge on any atom is 0.232 e. The summed E-state index contributed by atoms with van der Waals surface area (Å²) in [5.74, 6) is 0.986. The van der Waals surface area contributed by atoms with Crippen LogP contribution in [0.4, 0.5) is 10.1 Å². The SMILES string of the molecule is NCCCCCS(=O)(=O)Nc1ccc2nc(CC3CCC(C(=O)NCc4ccccc4F)CC3)[nH]c2c1. The fourth-order valence-corrected chi connectivity index (χ4v) is 6.11. The number of hydrogen-bond acceptors (Lipinski definition) is 5. The summed E-state index contributed by atoms with van der Waals surface area (Å²) in [6, 6.07) is 11.8. The highest BCUT2D eigenvalue weighted by Gasteiger charge is 2.27. The van der Waals surface area contributed by atoms with E-state index in [0.717, 1.165) is 61.8 Å². The van der Waals surface area contributed by atoms with E-state index in [1.165, 1.54) is 6.07 Å². The Hall–Kier alpha value is -2.98. The molecule has 1 heterocycles. The van der Waals surface area contributed by atoms with Gasteiger partial charge in [-0.05, 0) is 75.3 Å². The van der Waals surface area contributed by atoms with Crippen LogP contribution in [0.15, 0.2) is 42.5 Å². The zero-order valence-electron chi connectivity index (χ0n) is 21.0. The molecule has 1 amide bonds. The largest absolute Gasteiger partial charge is 0.352 e. The quantitative estimate of drug-likeness (QED) is 0.261. The normalized spacial score (nSPS) is 18.1. The number of carbonyl (C=O) groups excluding carboxylic acids is 1. The highest BCUT2D eigenvalue weighted by Crippen LogP contribution is 2.31. The number of fused-ring (bicyclic) bond motifs is 1. The molecule has 0 bridgehead atoms. The van der Waals surface area contributed by atoms with Crippen molar-refractivity contribution in [1.29, 1.82) is 0 Å². The Balaban J connectivity index is 1.26. The van der Waals surface area contributed by atoms with E-state index in [2.05, 4.69) is 20.0 Å². The lowest BCUT2D eigenvalue weighted by Crippen LogP contribution is -2.33. The van der Waals surface area contributed by atoms with E-state index in [-0.39, 0.29) is 29.9 Å². The van der Waals surface area contributed by atoms with Crippen molar-refractivity contribution in [2.75, 3.05) is 17.0 Å². The second-order valence-corrected chi connectivity index (χ2v) is 11.8. The summed E-state index contributed by atoms with van der Waals surface area (Å²) in [4.78, 5) is 20.6. The van der Waals surface area contributed by atoms with Crippen LogP contribution in [0, 0.1) is 17.7 Å². The van der Waals surface area contributed by atoms with Gasteiger partial charge in [0.2, 0.25) is 15.9 Å². The van der Waals surface area contributed by atoms with Crippen LogP contribution in [0.2, 0.25) is 0 Å². The fraction of sp³-hybridized carbons (Fsp3) is 0.481. The van der Waals surface area contributed by atoms with Crippen LogP contribution in [0.3, 0.4) is 0 Å². The Labute approximate surface area is 217 Å². The molecule has 4 rings (SSSR count). The smallest absolute Gasteiger partial charge is 0.232 e. The molecule has 10 heteroatoms. The first-order chi connectivity index (χ1) is 17.8. The number of benzene rings is 2. The fourth-order valence-electron chi connectivity index (χ4n) is 4.94. The van der Waals surface area contributed by atoms with Gasteiger partial charge in [0.05, 0.1) is 22.5 Å². The first-order valence-corrected chi connectivity index (χ1v) is 14.7. The molecule has 1 aliphatic carbocycles. The first-order valence-electron chi connectivity index (χ1n) is 13.0. The number of imidazole rings is 1. The summed E-state index contributed by atoms with van der Waals surface area (Å²) in [6.45, 7) is 0.775. The predicted octanol–water partition coefficient (Wildman–Crippen LogP) is 4.24. The van der Waals surface area contributed by atoms with Gasteiger partial charge in [0.15, 0.2) is 0 Å². The molecule has 200 valence electrons. The molecule has 1 saturated carbocycles. The summed E-state index contributed by atoms with van der Waals surface area (Å²) in [5, 5.41) is 2.88. The van der Waals surface area contributed by atoms with Crippen molar-refractivity contribution in [2.45, 2.75) is 57.9 Å². The van der Waals surface area contributed by atoms with Crippen LogP contribution < -0.4 is 15.8 Å². The zero-order valence-corrected chi connectivity index (χ0v) is 21.8. The number of hydrogen-bond donors (Lipinski definition) is 4.